The lowest BCUT2D eigenvalue weighted by Gasteiger charge is -2.36. The number of nitrogens with zero attached hydrogens (tertiary/aromatic N) is 4. The van der Waals surface area contributed by atoms with Gasteiger partial charge in [0.15, 0.2) is 0 Å². The molecule has 6 nitrogen and oxygen atoms in total. The maximum absolute atomic E-state index is 12.5. The highest BCUT2D eigenvalue weighted by molar-refractivity contribution is 6.32. The summed E-state index contributed by atoms with van der Waals surface area (Å²) in [6.45, 7) is 7.62. The Morgan fingerprint density at radius 1 is 1.19 bits per heavy atom. The first-order valence-corrected chi connectivity index (χ1v) is 9.38. The van der Waals surface area contributed by atoms with Crippen LogP contribution in [-0.4, -0.2) is 65.4 Å². The summed E-state index contributed by atoms with van der Waals surface area (Å²) in [4.78, 5) is 17.3. The van der Waals surface area contributed by atoms with Crippen molar-refractivity contribution in [2.24, 2.45) is 0 Å². The Hall–Kier alpha value is -1.89. The van der Waals surface area contributed by atoms with Crippen LogP contribution in [0.4, 0.5) is 5.69 Å². The molecule has 0 bridgehead atoms. The Bertz CT molecular complexity index is 771. The van der Waals surface area contributed by atoms with Crippen LogP contribution < -0.4 is 10.9 Å². The SMILES string of the molecule is CC(CNc1cnn(Cc2ccccc2)c(=O)c1Cl)N1CCN(C)CC1. The topological polar surface area (TPSA) is 53.4 Å². The number of benzene rings is 1. The van der Waals surface area contributed by atoms with Gasteiger partial charge in [0, 0.05) is 38.8 Å². The molecule has 1 aromatic heterocycles. The fourth-order valence-electron chi connectivity index (χ4n) is 3.11. The molecule has 0 amide bonds. The highest BCUT2D eigenvalue weighted by Gasteiger charge is 2.19. The van der Waals surface area contributed by atoms with Gasteiger partial charge in [0.1, 0.15) is 5.02 Å². The van der Waals surface area contributed by atoms with E-state index in [1.807, 2.05) is 30.3 Å². The van der Waals surface area contributed by atoms with Crippen LogP contribution in [0.2, 0.25) is 5.02 Å². The van der Waals surface area contributed by atoms with E-state index in [1.54, 1.807) is 6.20 Å². The summed E-state index contributed by atoms with van der Waals surface area (Å²) in [6, 6.07) is 10.1. The zero-order chi connectivity index (χ0) is 18.5. The van der Waals surface area contributed by atoms with E-state index in [0.717, 1.165) is 38.3 Å². The minimum Gasteiger partial charge on any atom is -0.381 e. The second-order valence-electron chi connectivity index (χ2n) is 6.89. The number of hydrogen-bond acceptors (Lipinski definition) is 5. The van der Waals surface area contributed by atoms with Crippen LogP contribution in [0.15, 0.2) is 41.3 Å². The van der Waals surface area contributed by atoms with Gasteiger partial charge in [-0.3, -0.25) is 9.69 Å². The first kappa shape index (κ1) is 18.9. The van der Waals surface area contributed by atoms with Crippen molar-refractivity contribution < 1.29 is 0 Å². The second kappa shape index (κ2) is 8.66. The summed E-state index contributed by atoms with van der Waals surface area (Å²) >= 11 is 6.30. The average molecular weight is 376 g/mol. The molecule has 1 aromatic carbocycles. The lowest BCUT2D eigenvalue weighted by molar-refractivity contribution is 0.123. The van der Waals surface area contributed by atoms with Crippen LogP contribution in [0, 0.1) is 0 Å². The van der Waals surface area contributed by atoms with E-state index >= 15 is 0 Å². The van der Waals surface area contributed by atoms with Gasteiger partial charge < -0.3 is 10.2 Å². The fourth-order valence-corrected chi connectivity index (χ4v) is 3.32. The van der Waals surface area contributed by atoms with Crippen molar-refractivity contribution in [3.8, 4) is 0 Å². The van der Waals surface area contributed by atoms with E-state index in [-0.39, 0.29) is 10.6 Å². The van der Waals surface area contributed by atoms with Crippen molar-refractivity contribution in [3.63, 3.8) is 0 Å². The fraction of sp³-hybridized carbons (Fsp3) is 0.474. The summed E-state index contributed by atoms with van der Waals surface area (Å²) in [5.41, 5.74) is 1.34. The summed E-state index contributed by atoms with van der Waals surface area (Å²) in [5.74, 6) is 0. The number of likely N-dealkylation sites (N-methyl/N-ethyl adjacent to an activating group) is 1. The molecule has 1 fully saturated rings. The van der Waals surface area contributed by atoms with Crippen LogP contribution in [0.25, 0.3) is 0 Å². The van der Waals surface area contributed by atoms with Crippen LogP contribution in [0.1, 0.15) is 12.5 Å². The van der Waals surface area contributed by atoms with Gasteiger partial charge in [-0.05, 0) is 19.5 Å². The standard InChI is InChI=1S/C19H26ClN5O/c1-15(24-10-8-23(2)9-11-24)12-21-17-13-22-25(19(26)18(17)20)14-16-6-4-3-5-7-16/h3-7,13,15,21H,8-12,14H2,1-2H3. The molecule has 1 atom stereocenters. The van der Waals surface area contributed by atoms with E-state index in [4.69, 9.17) is 11.6 Å². The van der Waals surface area contributed by atoms with Crippen LogP contribution >= 0.6 is 11.6 Å². The molecular weight excluding hydrogens is 350 g/mol. The average Bonchev–Trinajstić information content (AvgIpc) is 2.66. The number of aromatic nitrogens is 2. The van der Waals surface area contributed by atoms with Crippen molar-refractivity contribution in [2.45, 2.75) is 19.5 Å². The number of halogens is 1. The third-order valence-electron chi connectivity index (χ3n) is 4.91. The van der Waals surface area contributed by atoms with E-state index in [1.165, 1.54) is 4.68 Å². The first-order valence-electron chi connectivity index (χ1n) is 9.00. The summed E-state index contributed by atoms with van der Waals surface area (Å²) < 4.78 is 1.40. The van der Waals surface area contributed by atoms with Crippen molar-refractivity contribution in [1.29, 1.82) is 0 Å². The number of nitrogens with one attached hydrogen (secondary N) is 1. The largest absolute Gasteiger partial charge is 0.381 e. The van der Waals surface area contributed by atoms with Crippen LogP contribution in [0.5, 0.6) is 0 Å². The Morgan fingerprint density at radius 2 is 1.88 bits per heavy atom. The number of piperazine rings is 1. The van der Waals surface area contributed by atoms with Gasteiger partial charge in [0.05, 0.1) is 18.4 Å². The molecule has 1 aliphatic heterocycles. The maximum Gasteiger partial charge on any atom is 0.287 e. The maximum atomic E-state index is 12.5. The molecule has 0 spiro atoms. The minimum absolute atomic E-state index is 0.196. The zero-order valence-corrected chi connectivity index (χ0v) is 16.1. The monoisotopic (exact) mass is 375 g/mol. The van der Waals surface area contributed by atoms with Gasteiger partial charge in [-0.2, -0.15) is 5.10 Å². The molecule has 1 unspecified atom stereocenters. The van der Waals surface area contributed by atoms with Crippen LogP contribution in [-0.2, 0) is 6.54 Å². The molecule has 1 N–H and O–H groups in total. The third-order valence-corrected chi connectivity index (χ3v) is 5.27. The molecule has 26 heavy (non-hydrogen) atoms. The van der Waals surface area contributed by atoms with Gasteiger partial charge in [0.25, 0.3) is 5.56 Å². The first-order chi connectivity index (χ1) is 12.5. The van der Waals surface area contributed by atoms with Gasteiger partial charge in [-0.1, -0.05) is 41.9 Å². The molecule has 0 aliphatic carbocycles. The van der Waals surface area contributed by atoms with E-state index in [9.17, 15) is 4.79 Å². The lowest BCUT2D eigenvalue weighted by Crippen LogP contribution is -2.50. The zero-order valence-electron chi connectivity index (χ0n) is 15.4. The molecule has 0 saturated carbocycles. The molecule has 3 rings (SSSR count). The number of anilines is 1. The summed E-state index contributed by atoms with van der Waals surface area (Å²) in [5, 5.41) is 7.76. The molecule has 2 aromatic rings. The van der Waals surface area contributed by atoms with Crippen molar-refractivity contribution in [3.05, 3.63) is 57.5 Å². The van der Waals surface area contributed by atoms with Crippen molar-refractivity contribution in [2.75, 3.05) is 45.1 Å². The van der Waals surface area contributed by atoms with Crippen molar-refractivity contribution >= 4 is 17.3 Å². The Morgan fingerprint density at radius 3 is 2.58 bits per heavy atom. The molecule has 1 saturated heterocycles. The number of rotatable bonds is 6. The summed E-state index contributed by atoms with van der Waals surface area (Å²) in [6.07, 6.45) is 1.64. The highest BCUT2D eigenvalue weighted by Crippen LogP contribution is 2.16. The lowest BCUT2D eigenvalue weighted by atomic mass is 10.2. The Balaban J connectivity index is 1.62. The second-order valence-corrected chi connectivity index (χ2v) is 7.27. The smallest absolute Gasteiger partial charge is 0.287 e. The molecule has 7 heteroatoms. The quantitative estimate of drug-likeness (QED) is 0.836. The number of hydrogen-bond donors (Lipinski definition) is 1. The predicted molar refractivity (Wildman–Crippen MR) is 106 cm³/mol. The van der Waals surface area contributed by atoms with Gasteiger partial charge in [-0.25, -0.2) is 4.68 Å². The summed E-state index contributed by atoms with van der Waals surface area (Å²) in [7, 11) is 2.15. The molecular formula is C19H26ClN5O. The van der Waals surface area contributed by atoms with E-state index in [2.05, 4.69) is 34.2 Å². The van der Waals surface area contributed by atoms with Gasteiger partial charge >= 0.3 is 0 Å². The molecule has 140 valence electrons. The normalized spacial score (nSPS) is 17.2. The van der Waals surface area contributed by atoms with E-state index in [0.29, 0.717) is 18.3 Å². The molecule has 2 heterocycles. The van der Waals surface area contributed by atoms with E-state index < -0.39 is 0 Å². The Kier molecular flexibility index (Phi) is 6.29. The van der Waals surface area contributed by atoms with Crippen molar-refractivity contribution in [1.82, 2.24) is 19.6 Å². The van der Waals surface area contributed by atoms with Crippen LogP contribution in [0.3, 0.4) is 0 Å². The van der Waals surface area contributed by atoms with Gasteiger partial charge in [-0.15, -0.1) is 0 Å². The minimum atomic E-state index is -0.271. The third kappa shape index (κ3) is 4.63. The van der Waals surface area contributed by atoms with Gasteiger partial charge in [0.2, 0.25) is 0 Å². The highest BCUT2D eigenvalue weighted by atomic mass is 35.5. The predicted octanol–water partition coefficient (Wildman–Crippen LogP) is 1.99. The molecule has 0 radical (unpaired) electrons. The molecule has 1 aliphatic rings. The Labute approximate surface area is 159 Å².